The fraction of sp³-hybridized carbons (Fsp3) is 0.400. The van der Waals surface area contributed by atoms with Crippen LogP contribution in [0, 0.1) is 0 Å². The topological polar surface area (TPSA) is 29.3 Å². The van der Waals surface area contributed by atoms with Crippen molar-refractivity contribution in [2.45, 2.75) is 44.2 Å². The third-order valence-corrected chi connectivity index (χ3v) is 5.36. The van der Waals surface area contributed by atoms with Crippen molar-refractivity contribution in [2.75, 3.05) is 12.3 Å². The van der Waals surface area contributed by atoms with Gasteiger partial charge in [0.25, 0.3) is 0 Å². The van der Waals surface area contributed by atoms with Crippen molar-refractivity contribution in [2.24, 2.45) is 0 Å². The Morgan fingerprint density at radius 3 is 2.55 bits per heavy atom. The maximum Gasteiger partial charge on any atom is 0.0351 e. The molecule has 2 aliphatic rings. The molecule has 22 heavy (non-hydrogen) atoms. The molecule has 0 aromatic heterocycles. The maximum absolute atomic E-state index is 5.89. The highest BCUT2D eigenvalue weighted by Crippen LogP contribution is 2.40. The average molecular weight is 292 g/mol. The first kappa shape index (κ1) is 13.8. The first-order valence-electron chi connectivity index (χ1n) is 8.53. The SMILES string of the molecule is Nc1cccc(-c2ccc(C3CCC4CCCCN43)cc2)c1. The Bertz CT molecular complexity index is 647. The van der Waals surface area contributed by atoms with Gasteiger partial charge in [-0.25, -0.2) is 0 Å². The van der Waals surface area contributed by atoms with E-state index in [0.717, 1.165) is 11.7 Å². The normalized spacial score (nSPS) is 25.1. The smallest absolute Gasteiger partial charge is 0.0351 e. The molecule has 0 amide bonds. The second kappa shape index (κ2) is 5.77. The van der Waals surface area contributed by atoms with Gasteiger partial charge in [-0.15, -0.1) is 0 Å². The zero-order valence-electron chi connectivity index (χ0n) is 13.0. The van der Waals surface area contributed by atoms with E-state index in [2.05, 4.69) is 35.2 Å². The summed E-state index contributed by atoms with van der Waals surface area (Å²) in [7, 11) is 0. The second-order valence-corrected chi connectivity index (χ2v) is 6.73. The van der Waals surface area contributed by atoms with Crippen molar-refractivity contribution >= 4 is 5.69 Å². The highest BCUT2D eigenvalue weighted by Gasteiger charge is 2.35. The highest BCUT2D eigenvalue weighted by atomic mass is 15.2. The third-order valence-electron chi connectivity index (χ3n) is 5.36. The molecule has 4 rings (SSSR count). The van der Waals surface area contributed by atoms with Gasteiger partial charge in [-0.3, -0.25) is 4.90 Å². The van der Waals surface area contributed by atoms with E-state index in [1.807, 2.05) is 18.2 Å². The van der Waals surface area contributed by atoms with Gasteiger partial charge in [-0.2, -0.15) is 0 Å². The number of rotatable bonds is 2. The molecule has 2 heterocycles. The number of piperidine rings is 1. The van der Waals surface area contributed by atoms with Gasteiger partial charge >= 0.3 is 0 Å². The van der Waals surface area contributed by atoms with E-state index in [9.17, 15) is 0 Å². The quantitative estimate of drug-likeness (QED) is 0.818. The van der Waals surface area contributed by atoms with Gasteiger partial charge in [0.1, 0.15) is 0 Å². The van der Waals surface area contributed by atoms with E-state index in [1.54, 1.807) is 0 Å². The van der Waals surface area contributed by atoms with Crippen molar-refractivity contribution < 1.29 is 0 Å². The zero-order chi connectivity index (χ0) is 14.9. The molecule has 114 valence electrons. The molecule has 2 saturated heterocycles. The molecule has 2 fully saturated rings. The Kier molecular flexibility index (Phi) is 3.63. The van der Waals surface area contributed by atoms with Crippen molar-refractivity contribution in [1.29, 1.82) is 0 Å². The lowest BCUT2D eigenvalue weighted by Crippen LogP contribution is -2.35. The monoisotopic (exact) mass is 292 g/mol. The molecule has 2 N–H and O–H groups in total. The molecule has 2 aliphatic heterocycles. The van der Waals surface area contributed by atoms with Gasteiger partial charge in [0, 0.05) is 17.8 Å². The average Bonchev–Trinajstić information content (AvgIpc) is 2.99. The number of nitrogens with two attached hydrogens (primary N) is 1. The highest BCUT2D eigenvalue weighted by molar-refractivity contribution is 5.67. The molecule has 2 atom stereocenters. The van der Waals surface area contributed by atoms with Crippen molar-refractivity contribution in [3.05, 3.63) is 54.1 Å². The molecule has 0 radical (unpaired) electrons. The van der Waals surface area contributed by atoms with Gasteiger partial charge in [-0.1, -0.05) is 42.8 Å². The zero-order valence-corrected chi connectivity index (χ0v) is 13.0. The van der Waals surface area contributed by atoms with Crippen LogP contribution in [0.25, 0.3) is 11.1 Å². The van der Waals surface area contributed by atoms with Crippen LogP contribution < -0.4 is 5.73 Å². The minimum atomic E-state index is 0.639. The summed E-state index contributed by atoms with van der Waals surface area (Å²) < 4.78 is 0. The van der Waals surface area contributed by atoms with Gasteiger partial charge in [0.2, 0.25) is 0 Å². The predicted molar refractivity (Wildman–Crippen MR) is 92.6 cm³/mol. The standard InChI is InChI=1S/C20H24N2/c21-18-5-3-4-17(14-18)15-7-9-16(10-8-15)20-12-11-19-6-1-2-13-22(19)20/h3-5,7-10,14,19-20H,1-2,6,11-13,21H2. The second-order valence-electron chi connectivity index (χ2n) is 6.73. The Labute approximate surface area is 132 Å². The van der Waals surface area contributed by atoms with Crippen LogP contribution in [0.1, 0.15) is 43.7 Å². The molecule has 0 aliphatic carbocycles. The fourth-order valence-corrected chi connectivity index (χ4v) is 4.23. The summed E-state index contributed by atoms with van der Waals surface area (Å²) in [6.45, 7) is 1.28. The number of anilines is 1. The van der Waals surface area contributed by atoms with E-state index in [1.165, 1.54) is 55.3 Å². The molecule has 2 nitrogen and oxygen atoms in total. The van der Waals surface area contributed by atoms with E-state index in [4.69, 9.17) is 5.73 Å². The third kappa shape index (κ3) is 2.52. The predicted octanol–water partition coefficient (Wildman–Crippen LogP) is 4.63. The van der Waals surface area contributed by atoms with Gasteiger partial charge < -0.3 is 5.73 Å². The first-order valence-corrected chi connectivity index (χ1v) is 8.53. The van der Waals surface area contributed by atoms with E-state index >= 15 is 0 Å². The number of fused-ring (bicyclic) bond motifs is 1. The number of benzene rings is 2. The lowest BCUT2D eigenvalue weighted by atomic mass is 9.99. The van der Waals surface area contributed by atoms with Crippen LogP contribution in [-0.4, -0.2) is 17.5 Å². The lowest BCUT2D eigenvalue weighted by Gasteiger charge is -2.34. The molecule has 2 aromatic carbocycles. The molecular formula is C20H24N2. The number of hydrogen-bond donors (Lipinski definition) is 1. The van der Waals surface area contributed by atoms with Gasteiger partial charge in [0.15, 0.2) is 0 Å². The van der Waals surface area contributed by atoms with Crippen LogP contribution in [0.3, 0.4) is 0 Å². The number of nitrogen functional groups attached to an aromatic ring is 1. The molecule has 2 heteroatoms. The lowest BCUT2D eigenvalue weighted by molar-refractivity contribution is 0.150. The van der Waals surface area contributed by atoms with Crippen LogP contribution >= 0.6 is 0 Å². The number of hydrogen-bond acceptors (Lipinski definition) is 2. The largest absolute Gasteiger partial charge is 0.399 e. The Balaban J connectivity index is 1.57. The van der Waals surface area contributed by atoms with Crippen molar-refractivity contribution in [3.63, 3.8) is 0 Å². The molecule has 0 saturated carbocycles. The first-order chi connectivity index (χ1) is 10.8. The summed E-state index contributed by atoms with van der Waals surface area (Å²) in [6.07, 6.45) is 6.89. The summed E-state index contributed by atoms with van der Waals surface area (Å²) >= 11 is 0. The van der Waals surface area contributed by atoms with Crippen LogP contribution in [0.2, 0.25) is 0 Å². The van der Waals surface area contributed by atoms with Crippen molar-refractivity contribution in [1.82, 2.24) is 4.90 Å². The molecule has 2 unspecified atom stereocenters. The molecule has 2 aromatic rings. The summed E-state index contributed by atoms with van der Waals surface area (Å²) in [4.78, 5) is 2.75. The molecule has 0 bridgehead atoms. The molecular weight excluding hydrogens is 268 g/mol. The minimum absolute atomic E-state index is 0.639. The van der Waals surface area contributed by atoms with E-state index in [0.29, 0.717) is 6.04 Å². The van der Waals surface area contributed by atoms with Crippen molar-refractivity contribution in [3.8, 4) is 11.1 Å². The van der Waals surface area contributed by atoms with Crippen LogP contribution in [0.4, 0.5) is 5.69 Å². The Hall–Kier alpha value is -1.80. The summed E-state index contributed by atoms with van der Waals surface area (Å²) in [6, 6.07) is 18.8. The molecule has 0 spiro atoms. The maximum atomic E-state index is 5.89. The summed E-state index contributed by atoms with van der Waals surface area (Å²) in [5.41, 5.74) is 10.7. The Morgan fingerprint density at radius 2 is 1.73 bits per heavy atom. The van der Waals surface area contributed by atoms with Crippen LogP contribution in [0.5, 0.6) is 0 Å². The van der Waals surface area contributed by atoms with Crippen LogP contribution in [-0.2, 0) is 0 Å². The van der Waals surface area contributed by atoms with Gasteiger partial charge in [0.05, 0.1) is 0 Å². The minimum Gasteiger partial charge on any atom is -0.399 e. The van der Waals surface area contributed by atoms with E-state index in [-0.39, 0.29) is 0 Å². The summed E-state index contributed by atoms with van der Waals surface area (Å²) in [5.74, 6) is 0. The van der Waals surface area contributed by atoms with Gasteiger partial charge in [-0.05, 0) is 61.1 Å². The van der Waals surface area contributed by atoms with E-state index < -0.39 is 0 Å². The Morgan fingerprint density at radius 1 is 0.864 bits per heavy atom. The summed E-state index contributed by atoms with van der Waals surface area (Å²) in [5, 5.41) is 0. The fourth-order valence-electron chi connectivity index (χ4n) is 4.23. The number of nitrogens with zero attached hydrogens (tertiary/aromatic N) is 1. The van der Waals surface area contributed by atoms with Crippen LogP contribution in [0.15, 0.2) is 48.5 Å².